The Bertz CT molecular complexity index is 1680. The second kappa shape index (κ2) is 12.8. The van der Waals surface area contributed by atoms with Crippen molar-refractivity contribution in [3.63, 3.8) is 0 Å². The maximum absolute atomic E-state index is 11.7. The minimum atomic E-state index is -5.08. The molecule has 3 aromatic carbocycles. The lowest BCUT2D eigenvalue weighted by Crippen LogP contribution is -2.21. The van der Waals surface area contributed by atoms with Gasteiger partial charge in [-0.25, -0.2) is 14.6 Å². The number of para-hydroxylation sites is 1. The van der Waals surface area contributed by atoms with Gasteiger partial charge < -0.3 is 20.1 Å². The Morgan fingerprint density at radius 3 is 2.24 bits per heavy atom. The van der Waals surface area contributed by atoms with E-state index in [0.29, 0.717) is 12.1 Å². The van der Waals surface area contributed by atoms with E-state index in [2.05, 4.69) is 71.8 Å². The second-order valence-corrected chi connectivity index (χ2v) is 10.1. The molecular weight excluding hydrogens is 555 g/mol. The third-order valence-electron chi connectivity index (χ3n) is 6.01. The number of fused-ring (bicyclic) bond motifs is 1. The highest BCUT2D eigenvalue weighted by molar-refractivity contribution is 7.18. The van der Waals surface area contributed by atoms with Crippen molar-refractivity contribution in [2.45, 2.75) is 26.2 Å². The van der Waals surface area contributed by atoms with E-state index >= 15 is 0 Å². The van der Waals surface area contributed by atoms with Crippen LogP contribution in [0.3, 0.4) is 0 Å². The summed E-state index contributed by atoms with van der Waals surface area (Å²) in [6.45, 7) is 3.49. The van der Waals surface area contributed by atoms with E-state index in [1.54, 1.807) is 17.4 Å². The number of H-pyrrole nitrogens is 1. The predicted octanol–water partition coefficient (Wildman–Crippen LogP) is 6.98. The third kappa shape index (κ3) is 7.59. The van der Waals surface area contributed by atoms with Crippen LogP contribution in [0.15, 0.2) is 78.9 Å². The molecule has 5 aromatic rings. The first-order chi connectivity index (χ1) is 19.5. The van der Waals surface area contributed by atoms with Crippen molar-refractivity contribution >= 4 is 34.3 Å². The van der Waals surface area contributed by atoms with Crippen LogP contribution < -0.4 is 5.32 Å². The van der Waals surface area contributed by atoms with Crippen molar-refractivity contribution in [2.24, 2.45) is 0 Å². The van der Waals surface area contributed by atoms with E-state index in [1.807, 2.05) is 18.2 Å². The van der Waals surface area contributed by atoms with Crippen LogP contribution >= 0.6 is 11.3 Å². The first-order valence-electron chi connectivity index (χ1n) is 12.4. The van der Waals surface area contributed by atoms with E-state index < -0.39 is 12.1 Å². The van der Waals surface area contributed by atoms with Gasteiger partial charge in [-0.2, -0.15) is 13.2 Å². The quantitative estimate of drug-likeness (QED) is 0.179. The number of esters is 1. The summed E-state index contributed by atoms with van der Waals surface area (Å²) < 4.78 is 36.5. The Morgan fingerprint density at radius 2 is 1.59 bits per heavy atom. The molecule has 11 heteroatoms. The Morgan fingerprint density at radius 1 is 0.951 bits per heavy atom. The fraction of sp³-hybridized carbons (Fsp3) is 0.167. The van der Waals surface area contributed by atoms with Gasteiger partial charge in [0.15, 0.2) is 0 Å². The maximum atomic E-state index is 11.7. The molecule has 0 spiro atoms. The molecule has 0 unspecified atom stereocenters. The largest absolute Gasteiger partial charge is 0.490 e. The number of carbonyl (C=O) groups is 2. The number of carboxylic acid groups (broad SMARTS) is 1. The number of imidazole rings is 1. The number of carboxylic acids is 1. The number of benzene rings is 3. The van der Waals surface area contributed by atoms with Gasteiger partial charge in [0.2, 0.25) is 0 Å². The van der Waals surface area contributed by atoms with Crippen molar-refractivity contribution in [3.05, 3.63) is 101 Å². The molecule has 0 radical (unpaired) electrons. The molecule has 2 aromatic heterocycles. The van der Waals surface area contributed by atoms with Crippen LogP contribution in [0.4, 0.5) is 13.2 Å². The van der Waals surface area contributed by atoms with Crippen LogP contribution in [0.25, 0.3) is 32.2 Å². The summed E-state index contributed by atoms with van der Waals surface area (Å²) in [6, 6.07) is 26.6. The molecular formula is C30H26F3N3O4S. The van der Waals surface area contributed by atoms with E-state index in [9.17, 15) is 18.0 Å². The molecule has 0 bridgehead atoms. The van der Waals surface area contributed by atoms with Gasteiger partial charge in [-0.1, -0.05) is 42.5 Å². The van der Waals surface area contributed by atoms with E-state index in [0.717, 1.165) is 33.8 Å². The number of aromatic nitrogens is 2. The monoisotopic (exact) mass is 581 g/mol. The number of halogens is 3. The average molecular weight is 582 g/mol. The third-order valence-corrected chi connectivity index (χ3v) is 7.16. The summed E-state index contributed by atoms with van der Waals surface area (Å²) in [5, 5.41) is 10.6. The predicted molar refractivity (Wildman–Crippen MR) is 152 cm³/mol. The topological polar surface area (TPSA) is 104 Å². The number of alkyl halides is 3. The Balaban J connectivity index is 0.000000493. The Labute approximate surface area is 237 Å². The average Bonchev–Trinajstić information content (AvgIpc) is 3.61. The van der Waals surface area contributed by atoms with Crippen LogP contribution in [-0.4, -0.2) is 40.3 Å². The molecule has 0 fully saturated rings. The molecule has 0 amide bonds. The number of aromatic amines is 1. The second-order valence-electron chi connectivity index (χ2n) is 9.02. The van der Waals surface area contributed by atoms with Gasteiger partial charge in [0.05, 0.1) is 28.6 Å². The smallest absolute Gasteiger partial charge is 0.475 e. The molecule has 2 heterocycles. The summed E-state index contributed by atoms with van der Waals surface area (Å²) in [5.74, 6) is -2.16. The van der Waals surface area contributed by atoms with Crippen LogP contribution in [-0.2, 0) is 22.6 Å². The molecule has 3 N–H and O–H groups in total. The summed E-state index contributed by atoms with van der Waals surface area (Å²) in [7, 11) is 1.40. The van der Waals surface area contributed by atoms with Crippen molar-refractivity contribution in [1.82, 2.24) is 15.3 Å². The number of rotatable bonds is 7. The van der Waals surface area contributed by atoms with E-state index in [4.69, 9.17) is 19.6 Å². The highest BCUT2D eigenvalue weighted by Crippen LogP contribution is 2.34. The van der Waals surface area contributed by atoms with Gasteiger partial charge in [0, 0.05) is 18.0 Å². The van der Waals surface area contributed by atoms with Crippen molar-refractivity contribution in [3.8, 4) is 21.1 Å². The van der Waals surface area contributed by atoms with Crippen LogP contribution in [0.5, 0.6) is 0 Å². The molecule has 5 rings (SSSR count). The summed E-state index contributed by atoms with van der Waals surface area (Å²) >= 11 is 1.74. The first kappa shape index (κ1) is 29.5. The molecule has 7 nitrogen and oxygen atoms in total. The summed E-state index contributed by atoms with van der Waals surface area (Å²) in [4.78, 5) is 31.2. The highest BCUT2D eigenvalue weighted by Gasteiger charge is 2.38. The van der Waals surface area contributed by atoms with Gasteiger partial charge in [-0.05, 0) is 65.6 Å². The zero-order valence-corrected chi connectivity index (χ0v) is 22.9. The van der Waals surface area contributed by atoms with Gasteiger partial charge >= 0.3 is 18.1 Å². The lowest BCUT2D eigenvalue weighted by atomic mass is 10.1. The number of ether oxygens (including phenoxy) is 1. The molecule has 0 saturated heterocycles. The lowest BCUT2D eigenvalue weighted by molar-refractivity contribution is -0.192. The zero-order chi connectivity index (χ0) is 29.6. The van der Waals surface area contributed by atoms with Crippen molar-refractivity contribution in [1.29, 1.82) is 0 Å². The van der Waals surface area contributed by atoms with Crippen molar-refractivity contribution < 1.29 is 32.6 Å². The number of nitrogens with one attached hydrogen (secondary N) is 2. The van der Waals surface area contributed by atoms with Gasteiger partial charge in [0.1, 0.15) is 5.82 Å². The minimum absolute atomic E-state index is 0.317. The Hall–Kier alpha value is -4.48. The number of aliphatic carboxylic acids is 1. The molecule has 0 atom stereocenters. The van der Waals surface area contributed by atoms with Crippen LogP contribution in [0.1, 0.15) is 27.0 Å². The number of nitrogens with zero attached hydrogens (tertiary/aromatic N) is 1. The summed E-state index contributed by atoms with van der Waals surface area (Å²) in [6.07, 6.45) is -5.08. The fourth-order valence-electron chi connectivity index (χ4n) is 4.02. The number of hydrogen-bond acceptors (Lipinski definition) is 6. The number of hydrogen-bond donors (Lipinski definition) is 3. The van der Waals surface area contributed by atoms with E-state index in [1.165, 1.54) is 28.7 Å². The molecule has 0 aliphatic heterocycles. The molecule has 41 heavy (non-hydrogen) atoms. The number of carbonyl (C=O) groups excluding carboxylic acids is 1. The van der Waals surface area contributed by atoms with Gasteiger partial charge in [-0.15, -0.1) is 11.3 Å². The maximum Gasteiger partial charge on any atom is 0.490 e. The molecule has 0 aliphatic rings. The fourth-order valence-corrected chi connectivity index (χ4v) is 4.97. The number of methoxy groups -OCH3 is 1. The summed E-state index contributed by atoms with van der Waals surface area (Å²) in [5.41, 5.74) is 7.27. The first-order valence-corrected chi connectivity index (χ1v) is 13.2. The molecule has 0 aliphatic carbocycles. The van der Waals surface area contributed by atoms with Crippen LogP contribution in [0, 0.1) is 6.92 Å². The lowest BCUT2D eigenvalue weighted by Gasteiger charge is -2.08. The number of aryl methyl sites for hydroxylation is 1. The molecule has 0 saturated carbocycles. The van der Waals surface area contributed by atoms with E-state index in [-0.39, 0.29) is 5.97 Å². The van der Waals surface area contributed by atoms with Gasteiger partial charge in [-0.3, -0.25) is 0 Å². The zero-order valence-electron chi connectivity index (χ0n) is 22.1. The van der Waals surface area contributed by atoms with Crippen LogP contribution in [0.2, 0.25) is 0 Å². The molecule has 212 valence electrons. The number of thiophene rings is 1. The Kier molecular flexibility index (Phi) is 9.21. The highest BCUT2D eigenvalue weighted by atomic mass is 32.1. The van der Waals surface area contributed by atoms with Crippen molar-refractivity contribution in [2.75, 3.05) is 7.11 Å². The minimum Gasteiger partial charge on any atom is -0.475 e. The SMILES string of the molecule is COC(=O)c1cccc(CNCc2cccc(-c3ccc(-c4nc5c(C)cccc5[nH]4)s3)c2)c1.O=C(O)C(F)(F)F. The standard InChI is InChI=1S/C28H25N3O2S.C2HF3O2/c1-18-6-3-11-23-26(18)31-27(30-23)25-13-12-24(34-25)21-9-4-7-19(14-21)16-29-17-20-8-5-10-22(15-20)28(32)33-2;3-2(4,5)1(6)7/h3-15,29H,16-17H2,1-2H3,(H,30,31);(H,6,7). The normalized spacial score (nSPS) is 11.1. The van der Waals surface area contributed by atoms with Gasteiger partial charge in [0.25, 0.3) is 0 Å².